The predicted octanol–water partition coefficient (Wildman–Crippen LogP) is -0.516. The van der Waals surface area contributed by atoms with E-state index in [1.165, 1.54) is 24.3 Å². The highest BCUT2D eigenvalue weighted by atomic mass is 32.2. The molecule has 0 atom stereocenters. The second-order valence-corrected chi connectivity index (χ2v) is 6.18. The summed E-state index contributed by atoms with van der Waals surface area (Å²) in [6.45, 7) is 0.122. The van der Waals surface area contributed by atoms with Gasteiger partial charge in [0.1, 0.15) is 9.84 Å². The first-order valence-corrected chi connectivity index (χ1v) is 7.25. The largest absolute Gasteiger partial charge is 0.341 e. The number of hydrazine groups is 1. The molecule has 0 radical (unpaired) electrons. The average molecular weight is 272 g/mol. The standard InChI is InChI=1S/C10H16N4O3S/c1-14(5-6-18(2,16)17)10(15)8-7-12-4-3-9(8)13-11/h3-4,7H,5-6,11H2,1-2H3,(H,12,13). The number of sulfone groups is 1. The van der Waals surface area contributed by atoms with Crippen LogP contribution in [0.4, 0.5) is 5.69 Å². The molecule has 1 aromatic heterocycles. The van der Waals surface area contributed by atoms with Crippen molar-refractivity contribution < 1.29 is 13.2 Å². The average Bonchev–Trinajstić information content (AvgIpc) is 2.34. The van der Waals surface area contributed by atoms with Crippen molar-refractivity contribution in [3.63, 3.8) is 0 Å². The third kappa shape index (κ3) is 3.97. The monoisotopic (exact) mass is 272 g/mol. The van der Waals surface area contributed by atoms with Crippen LogP contribution in [-0.4, -0.2) is 49.8 Å². The molecule has 0 aliphatic heterocycles. The van der Waals surface area contributed by atoms with Crippen LogP contribution in [0.3, 0.4) is 0 Å². The normalized spacial score (nSPS) is 11.1. The van der Waals surface area contributed by atoms with Crippen molar-refractivity contribution in [2.45, 2.75) is 0 Å². The number of aromatic nitrogens is 1. The SMILES string of the molecule is CN(CCS(C)(=O)=O)C(=O)c1cnccc1NN. The Morgan fingerprint density at radius 3 is 2.78 bits per heavy atom. The van der Waals surface area contributed by atoms with E-state index in [1.807, 2.05) is 0 Å². The summed E-state index contributed by atoms with van der Waals surface area (Å²) in [7, 11) is -1.57. The lowest BCUT2D eigenvalue weighted by molar-refractivity contribution is 0.0804. The Labute approximate surface area is 106 Å². The Bertz CT molecular complexity index is 530. The number of rotatable bonds is 5. The smallest absolute Gasteiger partial charge is 0.257 e. The third-order valence-electron chi connectivity index (χ3n) is 2.35. The van der Waals surface area contributed by atoms with Crippen LogP contribution < -0.4 is 11.3 Å². The Hall–Kier alpha value is -1.67. The van der Waals surface area contributed by atoms with Crippen LogP contribution in [0.25, 0.3) is 0 Å². The molecule has 0 aliphatic rings. The number of pyridine rings is 1. The van der Waals surface area contributed by atoms with E-state index in [9.17, 15) is 13.2 Å². The van der Waals surface area contributed by atoms with E-state index in [0.29, 0.717) is 11.3 Å². The number of hydrogen-bond donors (Lipinski definition) is 2. The quantitative estimate of drug-likeness (QED) is 0.552. The maximum absolute atomic E-state index is 12.0. The number of nitrogens with two attached hydrogens (primary N) is 1. The zero-order valence-electron chi connectivity index (χ0n) is 10.3. The molecule has 0 unspecified atom stereocenters. The minimum Gasteiger partial charge on any atom is -0.341 e. The van der Waals surface area contributed by atoms with Crippen LogP contribution in [0.1, 0.15) is 10.4 Å². The molecule has 0 aliphatic carbocycles. The Morgan fingerprint density at radius 1 is 1.56 bits per heavy atom. The molecule has 1 amide bonds. The molecule has 0 spiro atoms. The van der Waals surface area contributed by atoms with Crippen molar-refractivity contribution >= 4 is 21.4 Å². The van der Waals surface area contributed by atoms with E-state index in [0.717, 1.165) is 6.26 Å². The molecule has 3 N–H and O–H groups in total. The van der Waals surface area contributed by atoms with Gasteiger partial charge in [0, 0.05) is 32.2 Å². The second-order valence-electron chi connectivity index (χ2n) is 3.92. The summed E-state index contributed by atoms with van der Waals surface area (Å²) < 4.78 is 22.1. The molecule has 0 saturated heterocycles. The van der Waals surface area contributed by atoms with Gasteiger partial charge in [-0.05, 0) is 6.07 Å². The van der Waals surface area contributed by atoms with Crippen LogP contribution >= 0.6 is 0 Å². The number of anilines is 1. The molecule has 1 rings (SSSR count). The molecule has 8 heteroatoms. The summed E-state index contributed by atoms with van der Waals surface area (Å²) in [4.78, 5) is 17.2. The fourth-order valence-corrected chi connectivity index (χ4v) is 1.91. The lowest BCUT2D eigenvalue weighted by Gasteiger charge is -2.17. The van der Waals surface area contributed by atoms with Crippen molar-refractivity contribution in [1.29, 1.82) is 0 Å². The molecule has 18 heavy (non-hydrogen) atoms. The molecule has 100 valence electrons. The van der Waals surface area contributed by atoms with E-state index in [4.69, 9.17) is 5.84 Å². The lowest BCUT2D eigenvalue weighted by atomic mass is 10.2. The van der Waals surface area contributed by atoms with E-state index in [-0.39, 0.29) is 18.2 Å². The van der Waals surface area contributed by atoms with Gasteiger partial charge in [0.25, 0.3) is 5.91 Å². The number of nitrogens with one attached hydrogen (secondary N) is 1. The molecule has 1 heterocycles. The zero-order valence-corrected chi connectivity index (χ0v) is 11.1. The van der Waals surface area contributed by atoms with Gasteiger partial charge in [0.2, 0.25) is 0 Å². The maximum Gasteiger partial charge on any atom is 0.257 e. The fraction of sp³-hybridized carbons (Fsp3) is 0.400. The molecule has 0 saturated carbocycles. The molecule has 0 fully saturated rings. The fourth-order valence-electron chi connectivity index (χ4n) is 1.30. The molecular formula is C10H16N4O3S. The first-order chi connectivity index (χ1) is 8.35. The van der Waals surface area contributed by atoms with Crippen LogP contribution in [0.15, 0.2) is 18.5 Å². The van der Waals surface area contributed by atoms with Gasteiger partial charge in [-0.3, -0.25) is 15.6 Å². The topological polar surface area (TPSA) is 105 Å². The molecule has 7 nitrogen and oxygen atoms in total. The van der Waals surface area contributed by atoms with Gasteiger partial charge in [-0.25, -0.2) is 8.42 Å². The van der Waals surface area contributed by atoms with E-state index in [1.54, 1.807) is 6.07 Å². The highest BCUT2D eigenvalue weighted by Crippen LogP contribution is 2.13. The maximum atomic E-state index is 12.0. The molecular weight excluding hydrogens is 256 g/mol. The van der Waals surface area contributed by atoms with Crippen LogP contribution in [0.5, 0.6) is 0 Å². The van der Waals surface area contributed by atoms with Gasteiger partial charge in [0.05, 0.1) is 17.0 Å². The van der Waals surface area contributed by atoms with Crippen LogP contribution in [0, 0.1) is 0 Å². The van der Waals surface area contributed by atoms with Crippen molar-refractivity contribution in [2.24, 2.45) is 5.84 Å². The van der Waals surface area contributed by atoms with E-state index < -0.39 is 9.84 Å². The lowest BCUT2D eigenvalue weighted by Crippen LogP contribution is -2.32. The summed E-state index contributed by atoms with van der Waals surface area (Å²) in [6, 6.07) is 1.57. The number of carbonyl (C=O) groups excluding carboxylic acids is 1. The summed E-state index contributed by atoms with van der Waals surface area (Å²) >= 11 is 0. The van der Waals surface area contributed by atoms with Gasteiger partial charge >= 0.3 is 0 Å². The first-order valence-electron chi connectivity index (χ1n) is 5.19. The number of amides is 1. The van der Waals surface area contributed by atoms with Crippen LogP contribution in [0.2, 0.25) is 0 Å². The van der Waals surface area contributed by atoms with E-state index in [2.05, 4.69) is 10.4 Å². The minimum absolute atomic E-state index is 0.0825. The Balaban J connectivity index is 2.80. The predicted molar refractivity (Wildman–Crippen MR) is 68.7 cm³/mol. The highest BCUT2D eigenvalue weighted by molar-refractivity contribution is 7.90. The van der Waals surface area contributed by atoms with Gasteiger partial charge in [0.15, 0.2) is 0 Å². The number of nitrogen functional groups attached to an aromatic ring is 1. The summed E-state index contributed by atoms with van der Waals surface area (Å²) in [5.41, 5.74) is 3.15. The van der Waals surface area contributed by atoms with E-state index >= 15 is 0 Å². The second kappa shape index (κ2) is 5.78. The Morgan fingerprint density at radius 2 is 2.22 bits per heavy atom. The van der Waals surface area contributed by atoms with Gasteiger partial charge in [-0.15, -0.1) is 0 Å². The Kier molecular flexibility index (Phi) is 4.62. The van der Waals surface area contributed by atoms with Crippen LogP contribution in [-0.2, 0) is 9.84 Å². The van der Waals surface area contributed by atoms with Crippen molar-refractivity contribution in [3.8, 4) is 0 Å². The van der Waals surface area contributed by atoms with Gasteiger partial charge in [-0.2, -0.15) is 0 Å². The highest BCUT2D eigenvalue weighted by Gasteiger charge is 2.16. The first kappa shape index (κ1) is 14.4. The van der Waals surface area contributed by atoms with Crippen molar-refractivity contribution in [2.75, 3.05) is 31.0 Å². The molecule has 0 bridgehead atoms. The van der Waals surface area contributed by atoms with Crippen molar-refractivity contribution in [1.82, 2.24) is 9.88 Å². The molecule has 0 aromatic carbocycles. The summed E-state index contributed by atoms with van der Waals surface area (Å²) in [5.74, 6) is 4.87. The summed E-state index contributed by atoms with van der Waals surface area (Å²) in [6.07, 6.45) is 4.01. The van der Waals surface area contributed by atoms with Crippen molar-refractivity contribution in [3.05, 3.63) is 24.0 Å². The number of hydrogen-bond acceptors (Lipinski definition) is 6. The third-order valence-corrected chi connectivity index (χ3v) is 3.28. The molecule has 1 aromatic rings. The number of nitrogens with zero attached hydrogens (tertiary/aromatic N) is 2. The van der Waals surface area contributed by atoms with Gasteiger partial charge in [-0.1, -0.05) is 0 Å². The van der Waals surface area contributed by atoms with Gasteiger partial charge < -0.3 is 10.3 Å². The number of carbonyl (C=O) groups is 1. The summed E-state index contributed by atoms with van der Waals surface area (Å²) in [5, 5.41) is 0. The minimum atomic E-state index is -3.10. The zero-order chi connectivity index (χ0) is 13.8.